The van der Waals surface area contributed by atoms with Crippen LogP contribution in [0.25, 0.3) is 17.5 Å². The topological polar surface area (TPSA) is 46.0 Å². The molecule has 2 rings (SSSR count). The van der Waals surface area contributed by atoms with Crippen LogP contribution in [0.4, 0.5) is 8.78 Å². The third kappa shape index (κ3) is 5.29. The van der Waals surface area contributed by atoms with Gasteiger partial charge in [-0.2, -0.15) is 0 Å². The Bertz CT molecular complexity index is 740. The first-order valence-corrected chi connectivity index (χ1v) is 8.27. The Morgan fingerprint density at radius 2 is 1.92 bits per heavy atom. The van der Waals surface area contributed by atoms with Crippen molar-refractivity contribution in [2.24, 2.45) is 0 Å². The minimum absolute atomic E-state index is 0.0360. The van der Waals surface area contributed by atoms with Gasteiger partial charge in [0.05, 0.1) is 11.7 Å². The van der Waals surface area contributed by atoms with Crippen LogP contribution >= 0.6 is 0 Å². The minimum Gasteiger partial charge on any atom is -0.393 e. The molecule has 1 unspecified atom stereocenters. The van der Waals surface area contributed by atoms with Crippen LogP contribution in [-0.2, 0) is 6.42 Å². The number of unbranched alkanes of at least 4 members (excludes halogenated alkanes) is 1. The molecule has 0 amide bonds. The van der Waals surface area contributed by atoms with Gasteiger partial charge < -0.3 is 5.11 Å². The zero-order valence-corrected chi connectivity index (χ0v) is 14.3. The first kappa shape index (κ1) is 18.9. The van der Waals surface area contributed by atoms with Gasteiger partial charge in [-0.3, -0.25) is 0 Å². The van der Waals surface area contributed by atoms with E-state index < -0.39 is 11.6 Å². The highest BCUT2D eigenvalue weighted by atomic mass is 19.2. The van der Waals surface area contributed by atoms with Crippen LogP contribution < -0.4 is 0 Å². The maximum absolute atomic E-state index is 14.3. The molecule has 25 heavy (non-hydrogen) atoms. The second-order valence-electron chi connectivity index (χ2n) is 5.92. The number of hydrogen-bond donors (Lipinski definition) is 1. The van der Waals surface area contributed by atoms with E-state index in [1.54, 1.807) is 37.5 Å². The Morgan fingerprint density at radius 3 is 2.56 bits per heavy atom. The lowest BCUT2D eigenvalue weighted by Gasteiger charge is -2.06. The zero-order valence-electron chi connectivity index (χ0n) is 14.3. The quantitative estimate of drug-likeness (QED) is 0.557. The molecule has 0 aliphatic heterocycles. The summed E-state index contributed by atoms with van der Waals surface area (Å²) in [6.07, 6.45) is 10.7. The van der Waals surface area contributed by atoms with E-state index in [4.69, 9.17) is 0 Å². The molecule has 1 atom stereocenters. The number of allylic oxidation sites excluding steroid dienone is 2. The molecule has 1 aromatic heterocycles. The Balaban J connectivity index is 2.13. The molecule has 2 aromatic rings. The van der Waals surface area contributed by atoms with Gasteiger partial charge in [-0.15, -0.1) is 6.58 Å². The predicted octanol–water partition coefficient (Wildman–Crippen LogP) is 4.71. The summed E-state index contributed by atoms with van der Waals surface area (Å²) in [5.41, 5.74) is 1.08. The fourth-order valence-electron chi connectivity index (χ4n) is 2.37. The van der Waals surface area contributed by atoms with E-state index in [0.29, 0.717) is 19.3 Å². The molecule has 1 heterocycles. The van der Waals surface area contributed by atoms with Crippen molar-refractivity contribution in [1.29, 1.82) is 0 Å². The van der Waals surface area contributed by atoms with Crippen molar-refractivity contribution in [3.8, 4) is 11.4 Å². The summed E-state index contributed by atoms with van der Waals surface area (Å²) in [6.45, 7) is 5.36. The van der Waals surface area contributed by atoms with Gasteiger partial charge in [-0.25, -0.2) is 18.7 Å². The molecule has 0 radical (unpaired) electrons. The van der Waals surface area contributed by atoms with Crippen molar-refractivity contribution < 1.29 is 13.9 Å². The molecular weight excluding hydrogens is 322 g/mol. The van der Waals surface area contributed by atoms with E-state index in [2.05, 4.69) is 16.5 Å². The Morgan fingerprint density at radius 1 is 1.20 bits per heavy atom. The molecule has 5 heteroatoms. The van der Waals surface area contributed by atoms with Crippen LogP contribution in [0.15, 0.2) is 43.3 Å². The number of aromatic nitrogens is 2. The van der Waals surface area contributed by atoms with Crippen LogP contribution in [0.1, 0.15) is 37.3 Å². The number of nitrogens with zero attached hydrogens (tertiary/aromatic N) is 2. The summed E-state index contributed by atoms with van der Waals surface area (Å²) >= 11 is 0. The molecule has 0 fully saturated rings. The van der Waals surface area contributed by atoms with Crippen molar-refractivity contribution in [2.75, 3.05) is 0 Å². The molecule has 0 bridgehead atoms. The molecule has 132 valence electrons. The lowest BCUT2D eigenvalue weighted by Crippen LogP contribution is -1.98. The van der Waals surface area contributed by atoms with Gasteiger partial charge in [0.2, 0.25) is 0 Å². The number of hydrogen-bond acceptors (Lipinski definition) is 3. The highest BCUT2D eigenvalue weighted by Gasteiger charge is 2.15. The van der Waals surface area contributed by atoms with Gasteiger partial charge in [0.1, 0.15) is 0 Å². The number of benzene rings is 1. The Hall–Kier alpha value is -2.40. The summed E-state index contributed by atoms with van der Waals surface area (Å²) < 4.78 is 28.6. The van der Waals surface area contributed by atoms with E-state index >= 15 is 0 Å². The maximum atomic E-state index is 14.3. The summed E-state index contributed by atoms with van der Waals surface area (Å²) in [5, 5.41) is 9.18. The largest absolute Gasteiger partial charge is 0.393 e. The lowest BCUT2D eigenvalue weighted by molar-refractivity contribution is 0.182. The lowest BCUT2D eigenvalue weighted by atomic mass is 10.1. The number of aliphatic hydroxyl groups is 1. The molecule has 0 spiro atoms. The van der Waals surface area contributed by atoms with E-state index in [0.717, 1.165) is 12.0 Å². The van der Waals surface area contributed by atoms with Gasteiger partial charge in [0.25, 0.3) is 0 Å². The van der Waals surface area contributed by atoms with Crippen LogP contribution in [-0.4, -0.2) is 21.2 Å². The Labute approximate surface area is 146 Å². The Kier molecular flexibility index (Phi) is 6.95. The molecule has 0 aliphatic carbocycles. The fourth-order valence-corrected chi connectivity index (χ4v) is 2.37. The minimum atomic E-state index is -0.956. The van der Waals surface area contributed by atoms with E-state index in [-0.39, 0.29) is 23.1 Å². The first-order valence-electron chi connectivity index (χ1n) is 8.27. The van der Waals surface area contributed by atoms with Crippen molar-refractivity contribution in [3.63, 3.8) is 0 Å². The second kappa shape index (κ2) is 9.18. The standard InChI is InChI=1S/C20H22F2N2O/c1-3-7-15-12-23-20(24-13-15)17-11-10-16(18(21)19(17)22)9-6-4-5-8-14(2)25/h3,6,9-14,25H,1,4-5,7-8H2,2H3. The first-order chi connectivity index (χ1) is 12.0. The third-order valence-electron chi connectivity index (χ3n) is 3.73. The van der Waals surface area contributed by atoms with E-state index in [9.17, 15) is 13.9 Å². The second-order valence-corrected chi connectivity index (χ2v) is 5.92. The SMILES string of the molecule is C=CCc1cnc(-c2ccc(C=CCCCC(C)O)c(F)c2F)nc1. The van der Waals surface area contributed by atoms with Gasteiger partial charge in [-0.1, -0.05) is 24.3 Å². The highest BCUT2D eigenvalue weighted by Crippen LogP contribution is 2.24. The van der Waals surface area contributed by atoms with Gasteiger partial charge in [-0.05, 0) is 44.2 Å². The summed E-state index contributed by atoms with van der Waals surface area (Å²) in [6, 6.07) is 3.00. The van der Waals surface area contributed by atoms with Gasteiger partial charge in [0.15, 0.2) is 17.5 Å². The molecule has 0 aliphatic rings. The van der Waals surface area contributed by atoms with Crippen LogP contribution in [0, 0.1) is 11.6 Å². The molecule has 3 nitrogen and oxygen atoms in total. The zero-order chi connectivity index (χ0) is 18.2. The van der Waals surface area contributed by atoms with E-state index in [1.807, 2.05) is 0 Å². The van der Waals surface area contributed by atoms with Gasteiger partial charge >= 0.3 is 0 Å². The fraction of sp³-hybridized carbons (Fsp3) is 0.300. The predicted molar refractivity (Wildman–Crippen MR) is 95.9 cm³/mol. The normalized spacial score (nSPS) is 12.5. The smallest absolute Gasteiger partial charge is 0.170 e. The van der Waals surface area contributed by atoms with Crippen LogP contribution in [0.3, 0.4) is 0 Å². The molecular formula is C20H22F2N2O. The number of aliphatic hydroxyl groups excluding tert-OH is 1. The summed E-state index contributed by atoms with van der Waals surface area (Å²) in [7, 11) is 0. The van der Waals surface area contributed by atoms with Crippen LogP contribution in [0.5, 0.6) is 0 Å². The number of rotatable bonds is 8. The van der Waals surface area contributed by atoms with Crippen LogP contribution in [0.2, 0.25) is 0 Å². The van der Waals surface area contributed by atoms with Crippen molar-refractivity contribution >= 4 is 6.08 Å². The molecule has 0 saturated carbocycles. The van der Waals surface area contributed by atoms with E-state index in [1.165, 1.54) is 12.1 Å². The molecule has 1 N–H and O–H groups in total. The average Bonchev–Trinajstić information content (AvgIpc) is 2.59. The maximum Gasteiger partial charge on any atom is 0.170 e. The van der Waals surface area contributed by atoms with Crippen molar-refractivity contribution in [3.05, 3.63) is 66.0 Å². The summed E-state index contributed by atoms with van der Waals surface area (Å²) in [5.74, 6) is -1.72. The summed E-state index contributed by atoms with van der Waals surface area (Å²) in [4.78, 5) is 8.19. The van der Waals surface area contributed by atoms with Crippen molar-refractivity contribution in [2.45, 2.75) is 38.7 Å². The molecule has 0 saturated heterocycles. The molecule has 1 aromatic carbocycles. The van der Waals surface area contributed by atoms with Crippen molar-refractivity contribution in [1.82, 2.24) is 9.97 Å². The monoisotopic (exact) mass is 344 g/mol. The highest BCUT2D eigenvalue weighted by molar-refractivity contribution is 5.61. The van der Waals surface area contributed by atoms with Gasteiger partial charge in [0, 0.05) is 18.0 Å². The third-order valence-corrected chi connectivity index (χ3v) is 3.73. The number of halogens is 2. The average molecular weight is 344 g/mol.